The first-order valence-electron chi connectivity index (χ1n) is 5.39. The van der Waals surface area contributed by atoms with Gasteiger partial charge in [0.15, 0.2) is 0 Å². The van der Waals surface area contributed by atoms with E-state index in [4.69, 9.17) is 11.6 Å². The second-order valence-electron chi connectivity index (χ2n) is 3.89. The number of halogens is 1. The molecule has 84 valence electrons. The molecule has 0 aliphatic heterocycles. The number of hydrogen-bond donors (Lipinski definition) is 1. The molecule has 2 aromatic carbocycles. The summed E-state index contributed by atoms with van der Waals surface area (Å²) in [4.78, 5) is 0. The molecular weight excluding hydrogens is 230 g/mol. The molecule has 0 fully saturated rings. The number of hydrogen-bond acceptors (Lipinski definition) is 1. The largest absolute Gasteiger partial charge is 0.507 e. The van der Waals surface area contributed by atoms with Gasteiger partial charge in [-0.2, -0.15) is 0 Å². The van der Waals surface area contributed by atoms with Crippen LogP contribution in [-0.2, 0) is 0 Å². The van der Waals surface area contributed by atoms with Crippen molar-refractivity contribution >= 4 is 37.1 Å². The molecule has 0 bridgehead atoms. The molecule has 2 aromatic rings. The first kappa shape index (κ1) is 11.8. The van der Waals surface area contributed by atoms with Gasteiger partial charge in [-0.3, -0.25) is 0 Å². The molecule has 0 unspecified atom stereocenters. The molecular formula is C14H12BClO. The summed E-state index contributed by atoms with van der Waals surface area (Å²) in [6.07, 6.45) is 3.84. The van der Waals surface area contributed by atoms with Crippen LogP contribution in [0.15, 0.2) is 42.5 Å². The molecule has 2 rings (SSSR count). The monoisotopic (exact) mass is 242 g/mol. The predicted octanol–water partition coefficient (Wildman–Crippen LogP) is 2.47. The standard InChI is InChI=1S/C14H12BClO/c15-13-4-2-1-3-10(13)5-6-11-9-12(16)7-8-14(11)17/h1-9,17H,15H2/b6-5+. The van der Waals surface area contributed by atoms with Crippen molar-refractivity contribution in [2.75, 3.05) is 0 Å². The maximum absolute atomic E-state index is 9.67. The Bertz CT molecular complexity index is 564. The van der Waals surface area contributed by atoms with E-state index < -0.39 is 0 Å². The number of phenols is 1. The van der Waals surface area contributed by atoms with Crippen molar-refractivity contribution in [2.45, 2.75) is 0 Å². The summed E-state index contributed by atoms with van der Waals surface area (Å²) < 4.78 is 0. The van der Waals surface area contributed by atoms with Crippen LogP contribution in [0.25, 0.3) is 12.2 Å². The van der Waals surface area contributed by atoms with Gasteiger partial charge in [-0.25, -0.2) is 0 Å². The van der Waals surface area contributed by atoms with E-state index in [0.717, 1.165) is 11.1 Å². The van der Waals surface area contributed by atoms with Crippen molar-refractivity contribution in [1.29, 1.82) is 0 Å². The lowest BCUT2D eigenvalue weighted by molar-refractivity contribution is 0.474. The smallest absolute Gasteiger partial charge is 0.140 e. The highest BCUT2D eigenvalue weighted by Gasteiger charge is 1.98. The fourth-order valence-electron chi connectivity index (χ4n) is 1.61. The summed E-state index contributed by atoms with van der Waals surface area (Å²) >= 11 is 5.88. The number of aromatic hydroxyl groups is 1. The topological polar surface area (TPSA) is 20.2 Å². The SMILES string of the molecule is Bc1ccccc1/C=C/c1cc(Cl)ccc1O. The lowest BCUT2D eigenvalue weighted by atomic mass is 9.90. The summed E-state index contributed by atoms with van der Waals surface area (Å²) in [6.45, 7) is 0. The Morgan fingerprint density at radius 3 is 2.47 bits per heavy atom. The second kappa shape index (κ2) is 5.11. The van der Waals surface area contributed by atoms with Crippen molar-refractivity contribution < 1.29 is 5.11 Å². The Morgan fingerprint density at radius 2 is 1.71 bits per heavy atom. The van der Waals surface area contributed by atoms with E-state index in [-0.39, 0.29) is 5.75 Å². The van der Waals surface area contributed by atoms with Crippen molar-refractivity contribution in [1.82, 2.24) is 0 Å². The van der Waals surface area contributed by atoms with E-state index in [1.165, 1.54) is 5.46 Å². The van der Waals surface area contributed by atoms with E-state index in [2.05, 4.69) is 13.9 Å². The minimum Gasteiger partial charge on any atom is -0.507 e. The fraction of sp³-hybridized carbons (Fsp3) is 0. The minimum atomic E-state index is 0.235. The average Bonchev–Trinajstić information content (AvgIpc) is 2.32. The van der Waals surface area contributed by atoms with Crippen molar-refractivity contribution in [2.24, 2.45) is 0 Å². The zero-order valence-electron chi connectivity index (χ0n) is 9.52. The summed E-state index contributed by atoms with van der Waals surface area (Å²) in [6, 6.07) is 13.1. The van der Waals surface area contributed by atoms with Crippen LogP contribution in [0, 0.1) is 0 Å². The zero-order chi connectivity index (χ0) is 12.3. The van der Waals surface area contributed by atoms with E-state index in [1.54, 1.807) is 18.2 Å². The van der Waals surface area contributed by atoms with Gasteiger partial charge < -0.3 is 5.11 Å². The van der Waals surface area contributed by atoms with Gasteiger partial charge >= 0.3 is 0 Å². The van der Waals surface area contributed by atoms with Gasteiger partial charge in [-0.15, -0.1) is 0 Å². The molecule has 0 aromatic heterocycles. The van der Waals surface area contributed by atoms with Crippen LogP contribution in [0.2, 0.25) is 5.02 Å². The van der Waals surface area contributed by atoms with Gasteiger partial charge in [-0.05, 0) is 23.8 Å². The molecule has 0 saturated heterocycles. The summed E-state index contributed by atoms with van der Waals surface area (Å²) in [5.41, 5.74) is 3.05. The quantitative estimate of drug-likeness (QED) is 0.634. The Balaban J connectivity index is 2.32. The Hall–Kier alpha value is -1.67. The highest BCUT2D eigenvalue weighted by molar-refractivity contribution is 6.34. The predicted molar refractivity (Wildman–Crippen MR) is 76.7 cm³/mol. The highest BCUT2D eigenvalue weighted by Crippen LogP contribution is 2.23. The second-order valence-corrected chi connectivity index (χ2v) is 4.33. The number of rotatable bonds is 2. The molecule has 0 aliphatic carbocycles. The van der Waals surface area contributed by atoms with Gasteiger partial charge in [0.1, 0.15) is 13.6 Å². The fourth-order valence-corrected chi connectivity index (χ4v) is 1.79. The molecule has 0 aliphatic rings. The van der Waals surface area contributed by atoms with Gasteiger partial charge in [-0.1, -0.05) is 53.5 Å². The average molecular weight is 243 g/mol. The molecule has 0 atom stereocenters. The van der Waals surface area contributed by atoms with E-state index in [1.807, 2.05) is 30.4 Å². The van der Waals surface area contributed by atoms with Gasteiger partial charge in [0.05, 0.1) is 0 Å². The molecule has 0 saturated carbocycles. The van der Waals surface area contributed by atoms with Gasteiger partial charge in [0, 0.05) is 10.6 Å². The third kappa shape index (κ3) is 2.92. The normalized spacial score (nSPS) is 10.9. The van der Waals surface area contributed by atoms with Gasteiger partial charge in [0.25, 0.3) is 0 Å². The third-order valence-corrected chi connectivity index (χ3v) is 2.86. The molecule has 3 heteroatoms. The minimum absolute atomic E-state index is 0.235. The number of benzene rings is 2. The Kier molecular flexibility index (Phi) is 3.55. The van der Waals surface area contributed by atoms with Crippen LogP contribution in [0.1, 0.15) is 11.1 Å². The summed E-state index contributed by atoms with van der Waals surface area (Å²) in [5.74, 6) is 0.235. The molecule has 0 radical (unpaired) electrons. The Labute approximate surface area is 107 Å². The van der Waals surface area contributed by atoms with Crippen molar-refractivity contribution in [3.63, 3.8) is 0 Å². The molecule has 1 N–H and O–H groups in total. The van der Waals surface area contributed by atoms with E-state index in [9.17, 15) is 5.11 Å². The van der Waals surface area contributed by atoms with Crippen LogP contribution in [-0.4, -0.2) is 13.0 Å². The van der Waals surface area contributed by atoms with Crippen LogP contribution >= 0.6 is 11.6 Å². The third-order valence-electron chi connectivity index (χ3n) is 2.62. The maximum atomic E-state index is 9.67. The highest BCUT2D eigenvalue weighted by atomic mass is 35.5. The van der Waals surface area contributed by atoms with Crippen LogP contribution in [0.4, 0.5) is 0 Å². The first-order valence-corrected chi connectivity index (χ1v) is 5.77. The molecule has 17 heavy (non-hydrogen) atoms. The maximum Gasteiger partial charge on any atom is 0.140 e. The lowest BCUT2D eigenvalue weighted by Gasteiger charge is -2.01. The summed E-state index contributed by atoms with van der Waals surface area (Å²) in [5, 5.41) is 10.3. The van der Waals surface area contributed by atoms with Crippen LogP contribution in [0.5, 0.6) is 5.75 Å². The van der Waals surface area contributed by atoms with E-state index >= 15 is 0 Å². The zero-order valence-corrected chi connectivity index (χ0v) is 10.3. The lowest BCUT2D eigenvalue weighted by Crippen LogP contribution is -2.04. The molecule has 0 heterocycles. The van der Waals surface area contributed by atoms with Gasteiger partial charge in [0.2, 0.25) is 0 Å². The summed E-state index contributed by atoms with van der Waals surface area (Å²) in [7, 11) is 2.05. The van der Waals surface area contributed by atoms with Crippen LogP contribution < -0.4 is 5.46 Å². The van der Waals surface area contributed by atoms with Crippen molar-refractivity contribution in [3.8, 4) is 5.75 Å². The molecule has 1 nitrogen and oxygen atoms in total. The van der Waals surface area contributed by atoms with Crippen molar-refractivity contribution in [3.05, 3.63) is 58.6 Å². The number of phenolic OH excluding ortho intramolecular Hbond substituents is 1. The first-order chi connectivity index (χ1) is 8.16. The molecule has 0 spiro atoms. The molecule has 0 amide bonds. The van der Waals surface area contributed by atoms with Crippen LogP contribution in [0.3, 0.4) is 0 Å². The van der Waals surface area contributed by atoms with E-state index in [0.29, 0.717) is 5.02 Å². The Morgan fingerprint density at radius 1 is 1.00 bits per heavy atom.